The first-order valence-electron chi connectivity index (χ1n) is 8.34. The Morgan fingerprint density at radius 1 is 1.52 bits per heavy atom. The van der Waals surface area contributed by atoms with Crippen molar-refractivity contribution in [3.8, 4) is 5.75 Å². The fraction of sp³-hybridized carbons (Fsp3) is 0.611. The number of nitrogens with one attached hydrogen (secondary N) is 1. The van der Waals surface area contributed by atoms with E-state index >= 15 is 0 Å². The van der Waals surface area contributed by atoms with Crippen molar-refractivity contribution < 1.29 is 9.53 Å². The van der Waals surface area contributed by atoms with Gasteiger partial charge in [0.25, 0.3) is 5.91 Å². The lowest BCUT2D eigenvalue weighted by Gasteiger charge is -2.51. The average Bonchev–Trinajstić information content (AvgIpc) is 2.52. The number of carbonyl (C=O) groups excluding carboxylic acids is 1. The minimum absolute atomic E-state index is 0.147. The Morgan fingerprint density at radius 2 is 2.22 bits per heavy atom. The molecule has 23 heavy (non-hydrogen) atoms. The van der Waals surface area contributed by atoms with E-state index in [0.717, 1.165) is 30.7 Å². The molecule has 2 rings (SSSR count). The zero-order valence-electron chi connectivity index (χ0n) is 14.8. The lowest BCUT2D eigenvalue weighted by Crippen LogP contribution is -2.59. The molecular weight excluding hydrogens is 290 g/mol. The van der Waals surface area contributed by atoms with Gasteiger partial charge in [0.2, 0.25) is 0 Å². The van der Waals surface area contributed by atoms with Crippen molar-refractivity contribution in [3.63, 3.8) is 0 Å². The molecule has 0 aliphatic carbocycles. The summed E-state index contributed by atoms with van der Waals surface area (Å²) in [6.07, 6.45) is 2.63. The van der Waals surface area contributed by atoms with Gasteiger partial charge >= 0.3 is 0 Å². The Kier molecular flexibility index (Phi) is 5.19. The second-order valence-corrected chi connectivity index (χ2v) is 7.00. The summed E-state index contributed by atoms with van der Waals surface area (Å²) in [5, 5.41) is 0. The first-order valence-corrected chi connectivity index (χ1v) is 8.34. The Bertz CT molecular complexity index is 571. The van der Waals surface area contributed by atoms with Crippen LogP contribution in [0.5, 0.6) is 5.75 Å². The number of amides is 1. The molecule has 0 aromatic heterocycles. The summed E-state index contributed by atoms with van der Waals surface area (Å²) in [6.45, 7) is 8.69. The van der Waals surface area contributed by atoms with Crippen LogP contribution < -0.4 is 20.9 Å². The molecule has 1 aromatic carbocycles. The van der Waals surface area contributed by atoms with Gasteiger partial charge in [0.1, 0.15) is 11.8 Å². The summed E-state index contributed by atoms with van der Waals surface area (Å²) in [5.41, 5.74) is 4.44. The van der Waals surface area contributed by atoms with Crippen LogP contribution in [-0.4, -0.2) is 24.6 Å². The van der Waals surface area contributed by atoms with Crippen molar-refractivity contribution in [2.45, 2.75) is 64.5 Å². The number of para-hydroxylation sites is 1. The minimum atomic E-state index is -0.303. The molecule has 1 aromatic rings. The number of hydrogen-bond acceptors (Lipinski definition) is 4. The maximum absolute atomic E-state index is 12.5. The third-order valence-corrected chi connectivity index (χ3v) is 4.80. The second-order valence-electron chi connectivity index (χ2n) is 7.00. The van der Waals surface area contributed by atoms with Gasteiger partial charge in [-0.1, -0.05) is 32.4 Å². The fourth-order valence-electron chi connectivity index (χ4n) is 3.94. The molecule has 0 bridgehead atoms. The van der Waals surface area contributed by atoms with Gasteiger partial charge in [-0.05, 0) is 44.2 Å². The van der Waals surface area contributed by atoms with Gasteiger partial charge in [-0.25, -0.2) is 5.84 Å². The van der Waals surface area contributed by atoms with Crippen molar-refractivity contribution in [1.82, 2.24) is 5.43 Å². The highest BCUT2D eigenvalue weighted by Gasteiger charge is 2.43. The van der Waals surface area contributed by atoms with Crippen LogP contribution in [0, 0.1) is 0 Å². The van der Waals surface area contributed by atoms with Gasteiger partial charge in [0.05, 0.1) is 12.8 Å². The lowest BCUT2D eigenvalue weighted by molar-refractivity contribution is -0.123. The third kappa shape index (κ3) is 3.15. The molecule has 1 heterocycles. The predicted molar refractivity (Wildman–Crippen MR) is 93.6 cm³/mol. The van der Waals surface area contributed by atoms with E-state index in [-0.39, 0.29) is 17.5 Å². The number of nitrogens with two attached hydrogens (primary N) is 1. The van der Waals surface area contributed by atoms with Gasteiger partial charge in [-0.3, -0.25) is 10.2 Å². The van der Waals surface area contributed by atoms with E-state index in [9.17, 15) is 4.79 Å². The van der Waals surface area contributed by atoms with Gasteiger partial charge in [-0.15, -0.1) is 0 Å². The van der Waals surface area contributed by atoms with E-state index in [1.54, 1.807) is 7.11 Å². The molecule has 5 heteroatoms. The van der Waals surface area contributed by atoms with Crippen LogP contribution in [-0.2, 0) is 4.79 Å². The predicted octanol–water partition coefficient (Wildman–Crippen LogP) is 2.95. The smallest absolute Gasteiger partial charge is 0.256 e. The summed E-state index contributed by atoms with van der Waals surface area (Å²) in [7, 11) is 1.68. The Morgan fingerprint density at radius 3 is 2.78 bits per heavy atom. The molecule has 1 aliphatic rings. The number of hydrogen-bond donors (Lipinski definition) is 2. The number of anilines is 1. The summed E-state index contributed by atoms with van der Waals surface area (Å²) in [4.78, 5) is 14.7. The molecule has 0 fully saturated rings. The van der Waals surface area contributed by atoms with Crippen LogP contribution >= 0.6 is 0 Å². The maximum atomic E-state index is 12.5. The molecule has 0 saturated carbocycles. The molecule has 1 amide bonds. The number of ether oxygens (including phenoxy) is 1. The van der Waals surface area contributed by atoms with Crippen molar-refractivity contribution in [1.29, 1.82) is 0 Å². The highest BCUT2D eigenvalue weighted by atomic mass is 16.5. The SMILES string of the molecule is CCC[C@@H](C(=O)NN)N1c2c(OC)cccc2[C@H](C)CC1(C)C. The second kappa shape index (κ2) is 6.79. The van der Waals surface area contributed by atoms with Gasteiger partial charge in [-0.2, -0.15) is 0 Å². The number of nitrogens with zero attached hydrogens (tertiary/aromatic N) is 1. The number of rotatable bonds is 5. The van der Waals surface area contributed by atoms with Gasteiger partial charge < -0.3 is 9.64 Å². The monoisotopic (exact) mass is 319 g/mol. The van der Waals surface area contributed by atoms with Crippen LogP contribution in [0.25, 0.3) is 0 Å². The normalized spacial score (nSPS) is 20.6. The van der Waals surface area contributed by atoms with Crippen molar-refractivity contribution in [3.05, 3.63) is 23.8 Å². The quantitative estimate of drug-likeness (QED) is 0.497. The van der Waals surface area contributed by atoms with E-state index in [4.69, 9.17) is 10.6 Å². The summed E-state index contributed by atoms with van der Waals surface area (Å²) in [5.74, 6) is 6.54. The zero-order chi connectivity index (χ0) is 17.2. The Labute approximate surface area is 139 Å². The highest BCUT2D eigenvalue weighted by Crippen LogP contribution is 2.49. The molecule has 5 nitrogen and oxygen atoms in total. The van der Waals surface area contributed by atoms with Crippen molar-refractivity contribution in [2.24, 2.45) is 5.84 Å². The molecular formula is C18H29N3O2. The number of methoxy groups -OCH3 is 1. The largest absolute Gasteiger partial charge is 0.495 e. The van der Waals surface area contributed by atoms with Gasteiger partial charge in [0, 0.05) is 5.54 Å². The first kappa shape index (κ1) is 17.6. The zero-order valence-corrected chi connectivity index (χ0v) is 14.8. The number of benzene rings is 1. The van der Waals surface area contributed by atoms with Crippen LogP contribution in [0.15, 0.2) is 18.2 Å². The van der Waals surface area contributed by atoms with E-state index < -0.39 is 0 Å². The first-order chi connectivity index (χ1) is 10.9. The van der Waals surface area contributed by atoms with Crippen molar-refractivity contribution >= 4 is 11.6 Å². The molecule has 128 valence electrons. The summed E-state index contributed by atoms with van der Waals surface area (Å²) >= 11 is 0. The Hall–Kier alpha value is -1.75. The van der Waals surface area contributed by atoms with Gasteiger partial charge in [0.15, 0.2) is 0 Å². The van der Waals surface area contributed by atoms with E-state index in [1.165, 1.54) is 5.56 Å². The summed E-state index contributed by atoms with van der Waals surface area (Å²) < 4.78 is 5.62. The lowest BCUT2D eigenvalue weighted by atomic mass is 9.78. The molecule has 2 atom stereocenters. The fourth-order valence-corrected chi connectivity index (χ4v) is 3.94. The van der Waals surface area contributed by atoms with Crippen LogP contribution in [0.3, 0.4) is 0 Å². The molecule has 0 unspecified atom stereocenters. The highest BCUT2D eigenvalue weighted by molar-refractivity contribution is 5.87. The van der Waals surface area contributed by atoms with Crippen molar-refractivity contribution in [2.75, 3.05) is 12.0 Å². The van der Waals surface area contributed by atoms with E-state index in [0.29, 0.717) is 5.92 Å². The maximum Gasteiger partial charge on any atom is 0.256 e. The average molecular weight is 319 g/mol. The Balaban J connectivity index is 2.64. The summed E-state index contributed by atoms with van der Waals surface area (Å²) in [6, 6.07) is 5.81. The van der Waals surface area contributed by atoms with E-state index in [1.807, 2.05) is 12.1 Å². The molecule has 3 N–H and O–H groups in total. The van der Waals surface area contributed by atoms with Crippen LogP contribution in [0.2, 0.25) is 0 Å². The van der Waals surface area contributed by atoms with E-state index in [2.05, 4.69) is 44.1 Å². The number of hydrazine groups is 1. The molecule has 0 saturated heterocycles. The third-order valence-electron chi connectivity index (χ3n) is 4.80. The molecule has 1 aliphatic heterocycles. The molecule has 0 radical (unpaired) electrons. The minimum Gasteiger partial charge on any atom is -0.495 e. The van der Waals surface area contributed by atoms with Crippen LogP contribution in [0.4, 0.5) is 5.69 Å². The van der Waals surface area contributed by atoms with Crippen LogP contribution in [0.1, 0.15) is 58.4 Å². The topological polar surface area (TPSA) is 67.6 Å². The number of carbonyl (C=O) groups is 1. The molecule has 0 spiro atoms. The number of fused-ring (bicyclic) bond motifs is 1. The standard InChI is InChI=1S/C18H29N3O2/c1-6-8-14(17(22)20-19)21-16-13(9-7-10-15(16)23-5)12(2)11-18(21,3)4/h7,9-10,12,14H,6,8,11,19H2,1-5H3,(H,20,22)/t12-,14+/m1/s1.